The lowest BCUT2D eigenvalue weighted by Gasteiger charge is -2.28. The fraction of sp³-hybridized carbons (Fsp3) is 0.571. The van der Waals surface area contributed by atoms with Gasteiger partial charge in [0.2, 0.25) is 0 Å². The molecule has 1 unspecified atom stereocenters. The van der Waals surface area contributed by atoms with Crippen LogP contribution in [0.2, 0.25) is 0 Å². The predicted octanol–water partition coefficient (Wildman–Crippen LogP) is 2.27. The van der Waals surface area contributed by atoms with Gasteiger partial charge in [-0.25, -0.2) is 13.4 Å². The van der Waals surface area contributed by atoms with E-state index in [-0.39, 0.29) is 23.5 Å². The van der Waals surface area contributed by atoms with Crippen molar-refractivity contribution in [3.63, 3.8) is 0 Å². The zero-order valence-corrected chi connectivity index (χ0v) is 14.4. The van der Waals surface area contributed by atoms with Crippen LogP contribution in [0.5, 0.6) is 0 Å². The molecule has 5 nitrogen and oxygen atoms in total. The minimum atomic E-state index is -3.01. The van der Waals surface area contributed by atoms with Crippen LogP contribution < -0.4 is 0 Å². The number of halogens is 1. The Balaban J connectivity index is 2.21. The van der Waals surface area contributed by atoms with Crippen molar-refractivity contribution in [3.05, 3.63) is 28.5 Å². The summed E-state index contributed by atoms with van der Waals surface area (Å²) in [5.41, 5.74) is 0.352. The number of rotatable bonds is 5. The Labute approximate surface area is 133 Å². The van der Waals surface area contributed by atoms with E-state index in [9.17, 15) is 13.2 Å². The van der Waals surface area contributed by atoms with Crippen molar-refractivity contribution >= 4 is 31.7 Å². The molecule has 0 aromatic carbocycles. The highest BCUT2D eigenvalue weighted by Gasteiger charge is 2.35. The first-order chi connectivity index (χ1) is 9.93. The molecule has 2 rings (SSSR count). The summed E-state index contributed by atoms with van der Waals surface area (Å²) in [6.45, 7) is 2.62. The van der Waals surface area contributed by atoms with Gasteiger partial charge in [-0.15, -0.1) is 0 Å². The molecule has 2 heterocycles. The maximum atomic E-state index is 12.6. The molecule has 1 fully saturated rings. The van der Waals surface area contributed by atoms with Gasteiger partial charge in [0.05, 0.1) is 11.5 Å². The number of sulfone groups is 1. The maximum Gasteiger partial charge on any atom is 0.272 e. The molecule has 1 atom stereocenters. The molecule has 1 aliphatic heterocycles. The number of unbranched alkanes of at least 4 members (excludes halogenated alkanes) is 1. The van der Waals surface area contributed by atoms with Gasteiger partial charge in [0, 0.05) is 12.6 Å². The van der Waals surface area contributed by atoms with E-state index in [0.29, 0.717) is 23.3 Å². The number of aromatic nitrogens is 1. The van der Waals surface area contributed by atoms with E-state index < -0.39 is 9.84 Å². The van der Waals surface area contributed by atoms with Crippen LogP contribution in [-0.4, -0.2) is 48.3 Å². The molecule has 21 heavy (non-hydrogen) atoms. The predicted molar refractivity (Wildman–Crippen MR) is 84.9 cm³/mol. The van der Waals surface area contributed by atoms with Gasteiger partial charge >= 0.3 is 0 Å². The number of hydrogen-bond donors (Lipinski definition) is 0. The van der Waals surface area contributed by atoms with Crippen molar-refractivity contribution in [2.45, 2.75) is 32.2 Å². The Kier molecular flexibility index (Phi) is 5.37. The zero-order valence-electron chi connectivity index (χ0n) is 12.0. The Bertz CT molecular complexity index is 618. The number of carbonyl (C=O) groups is 1. The van der Waals surface area contributed by atoms with Gasteiger partial charge in [-0.3, -0.25) is 4.79 Å². The summed E-state index contributed by atoms with van der Waals surface area (Å²) < 4.78 is 23.9. The molecule has 7 heteroatoms. The molecule has 1 aromatic rings. The lowest BCUT2D eigenvalue weighted by molar-refractivity contribution is 0.0688. The Hall–Kier alpha value is -0.950. The summed E-state index contributed by atoms with van der Waals surface area (Å²) in [5.74, 6) is 0.0440. The third kappa shape index (κ3) is 4.26. The molecular formula is C14H19BrN2O3S. The quantitative estimate of drug-likeness (QED) is 0.741. The molecule has 1 aromatic heterocycles. The standard InChI is InChI=1S/C14H19BrN2O3S/c1-2-3-8-17(11-7-9-21(19,20)10-11)14(18)12-5-4-6-13(15)16-12/h4-6,11H,2-3,7-10H2,1H3. The number of hydrogen-bond acceptors (Lipinski definition) is 4. The minimum Gasteiger partial charge on any atom is -0.333 e. The summed E-state index contributed by atoms with van der Waals surface area (Å²) in [5, 5.41) is 0. The van der Waals surface area contributed by atoms with Crippen LogP contribution in [0.3, 0.4) is 0 Å². The Morgan fingerprint density at radius 3 is 2.81 bits per heavy atom. The highest BCUT2D eigenvalue weighted by Crippen LogP contribution is 2.20. The fourth-order valence-electron chi connectivity index (χ4n) is 2.47. The molecule has 0 bridgehead atoms. The highest BCUT2D eigenvalue weighted by molar-refractivity contribution is 9.10. The van der Waals surface area contributed by atoms with Crippen molar-refractivity contribution in [1.82, 2.24) is 9.88 Å². The van der Waals surface area contributed by atoms with Gasteiger partial charge in [0.15, 0.2) is 9.84 Å². The molecular weight excluding hydrogens is 356 g/mol. The third-order valence-electron chi connectivity index (χ3n) is 3.60. The minimum absolute atomic E-state index is 0.0659. The van der Waals surface area contributed by atoms with Crippen molar-refractivity contribution in [3.8, 4) is 0 Å². The normalized spacial score (nSPS) is 20.4. The van der Waals surface area contributed by atoms with E-state index in [0.717, 1.165) is 12.8 Å². The first kappa shape index (κ1) is 16.4. The highest BCUT2D eigenvalue weighted by atomic mass is 79.9. The number of carbonyl (C=O) groups excluding carboxylic acids is 1. The van der Waals surface area contributed by atoms with Gasteiger partial charge in [-0.05, 0) is 40.9 Å². The van der Waals surface area contributed by atoms with Crippen molar-refractivity contribution < 1.29 is 13.2 Å². The maximum absolute atomic E-state index is 12.6. The Morgan fingerprint density at radius 2 is 2.24 bits per heavy atom. The second-order valence-corrected chi connectivity index (χ2v) is 8.30. The van der Waals surface area contributed by atoms with Crippen molar-refractivity contribution in [1.29, 1.82) is 0 Å². The van der Waals surface area contributed by atoms with Crippen LogP contribution >= 0.6 is 15.9 Å². The molecule has 0 radical (unpaired) electrons. The van der Waals surface area contributed by atoms with Gasteiger partial charge in [-0.2, -0.15) is 0 Å². The number of amides is 1. The van der Waals surface area contributed by atoms with Crippen LogP contribution in [-0.2, 0) is 9.84 Å². The molecule has 0 aliphatic carbocycles. The molecule has 1 aliphatic rings. The van der Waals surface area contributed by atoms with E-state index in [1.165, 1.54) is 0 Å². The Morgan fingerprint density at radius 1 is 1.48 bits per heavy atom. The summed E-state index contributed by atoms with van der Waals surface area (Å²) in [6.07, 6.45) is 2.33. The zero-order chi connectivity index (χ0) is 15.5. The average Bonchev–Trinajstić information content (AvgIpc) is 2.79. The third-order valence-corrected chi connectivity index (χ3v) is 5.79. The van der Waals surface area contributed by atoms with Gasteiger partial charge in [-0.1, -0.05) is 19.4 Å². The van der Waals surface area contributed by atoms with Crippen LogP contribution in [0.1, 0.15) is 36.7 Å². The van der Waals surface area contributed by atoms with Crippen molar-refractivity contribution in [2.75, 3.05) is 18.1 Å². The first-order valence-electron chi connectivity index (χ1n) is 7.07. The molecule has 1 saturated heterocycles. The summed E-state index contributed by atoms with van der Waals surface area (Å²) in [6, 6.07) is 4.95. The van der Waals surface area contributed by atoms with Crippen molar-refractivity contribution in [2.24, 2.45) is 0 Å². The van der Waals surface area contributed by atoms with E-state index in [4.69, 9.17) is 0 Å². The SMILES string of the molecule is CCCCN(C(=O)c1cccc(Br)n1)C1CCS(=O)(=O)C1. The summed E-state index contributed by atoms with van der Waals surface area (Å²) >= 11 is 3.26. The van der Waals surface area contributed by atoms with Crippen LogP contribution in [0.15, 0.2) is 22.8 Å². The average molecular weight is 375 g/mol. The van der Waals surface area contributed by atoms with E-state index in [2.05, 4.69) is 20.9 Å². The van der Waals surface area contributed by atoms with Gasteiger partial charge in [0.1, 0.15) is 10.3 Å². The topological polar surface area (TPSA) is 67.3 Å². The lowest BCUT2D eigenvalue weighted by atomic mass is 10.1. The first-order valence-corrected chi connectivity index (χ1v) is 9.68. The largest absolute Gasteiger partial charge is 0.333 e. The van der Waals surface area contributed by atoms with Crippen LogP contribution in [0.25, 0.3) is 0 Å². The van der Waals surface area contributed by atoms with E-state index in [1.54, 1.807) is 23.1 Å². The number of pyridine rings is 1. The van der Waals surface area contributed by atoms with E-state index in [1.807, 2.05) is 6.92 Å². The number of nitrogens with zero attached hydrogens (tertiary/aromatic N) is 2. The monoisotopic (exact) mass is 374 g/mol. The van der Waals surface area contributed by atoms with E-state index >= 15 is 0 Å². The molecule has 0 spiro atoms. The lowest BCUT2D eigenvalue weighted by Crippen LogP contribution is -2.42. The molecule has 0 N–H and O–H groups in total. The van der Waals surface area contributed by atoms with Crippen LogP contribution in [0, 0.1) is 0 Å². The molecule has 116 valence electrons. The summed E-state index contributed by atoms with van der Waals surface area (Å²) in [7, 11) is -3.01. The summed E-state index contributed by atoms with van der Waals surface area (Å²) in [4.78, 5) is 18.5. The molecule has 1 amide bonds. The van der Waals surface area contributed by atoms with Gasteiger partial charge < -0.3 is 4.90 Å². The van der Waals surface area contributed by atoms with Gasteiger partial charge in [0.25, 0.3) is 5.91 Å². The molecule has 0 saturated carbocycles. The smallest absolute Gasteiger partial charge is 0.272 e. The second kappa shape index (κ2) is 6.87. The van der Waals surface area contributed by atoms with Crippen LogP contribution in [0.4, 0.5) is 0 Å². The second-order valence-electron chi connectivity index (χ2n) is 5.25. The fourth-order valence-corrected chi connectivity index (χ4v) is 4.55.